The lowest BCUT2D eigenvalue weighted by molar-refractivity contribution is 0.188. The van der Waals surface area contributed by atoms with Crippen LogP contribution in [0.5, 0.6) is 11.5 Å². The number of aromatic nitrogens is 3. The van der Waals surface area contributed by atoms with E-state index in [1.807, 2.05) is 19.1 Å². The maximum absolute atomic E-state index is 9.12. The molecule has 2 N–H and O–H groups in total. The molecule has 0 spiro atoms. The highest BCUT2D eigenvalue weighted by atomic mass is 35.5. The van der Waals surface area contributed by atoms with Gasteiger partial charge in [-0.2, -0.15) is 15.0 Å². The lowest BCUT2D eigenvalue weighted by atomic mass is 10.3. The van der Waals surface area contributed by atoms with Crippen molar-refractivity contribution in [3.8, 4) is 11.5 Å². The van der Waals surface area contributed by atoms with Crippen LogP contribution in [0.4, 0.5) is 17.6 Å². The van der Waals surface area contributed by atoms with E-state index in [0.717, 1.165) is 31.9 Å². The van der Waals surface area contributed by atoms with Gasteiger partial charge < -0.3 is 20.1 Å². The first-order chi connectivity index (χ1) is 15.9. The third-order valence-corrected chi connectivity index (χ3v) is 5.88. The molecule has 4 rings (SSSR count). The normalized spacial score (nSPS) is 14.4. The number of hydrogen-bond donors (Lipinski definition) is 2. The molecule has 0 radical (unpaired) electrons. The summed E-state index contributed by atoms with van der Waals surface area (Å²) in [6.07, 6.45) is 0. The molecule has 174 valence electrons. The number of anilines is 3. The van der Waals surface area contributed by atoms with Crippen LogP contribution in [0.1, 0.15) is 5.82 Å². The Morgan fingerprint density at radius 2 is 1.64 bits per heavy atom. The van der Waals surface area contributed by atoms with E-state index in [1.54, 1.807) is 24.3 Å². The molecular weight excluding hydrogens is 487 g/mol. The predicted molar refractivity (Wildman–Crippen MR) is 132 cm³/mol. The molecule has 2 aromatic carbocycles. The van der Waals surface area contributed by atoms with Crippen molar-refractivity contribution in [1.29, 1.82) is 0 Å². The Morgan fingerprint density at radius 1 is 0.970 bits per heavy atom. The molecule has 11 heteroatoms. The van der Waals surface area contributed by atoms with Crippen molar-refractivity contribution in [3.63, 3.8) is 0 Å². The number of piperazine rings is 1. The van der Waals surface area contributed by atoms with E-state index >= 15 is 0 Å². The van der Waals surface area contributed by atoms with E-state index in [1.165, 1.54) is 0 Å². The SMILES string of the molecule is Cc1nc(Nc2ccc(Oc3c(Cl)cc(Cl)cc3Cl)cc2)nc(N2CCN(CCO)CC2)n1. The molecule has 0 bridgehead atoms. The van der Waals surface area contributed by atoms with Crippen molar-refractivity contribution in [2.45, 2.75) is 6.92 Å². The maximum Gasteiger partial charge on any atom is 0.232 e. The smallest absolute Gasteiger partial charge is 0.232 e. The second kappa shape index (κ2) is 10.7. The number of halogens is 3. The van der Waals surface area contributed by atoms with Gasteiger partial charge in [-0.25, -0.2) is 0 Å². The Bertz CT molecular complexity index is 1080. The zero-order valence-corrected chi connectivity index (χ0v) is 20.2. The number of ether oxygens (including phenoxy) is 1. The highest BCUT2D eigenvalue weighted by molar-refractivity contribution is 6.40. The molecule has 1 fully saturated rings. The largest absolute Gasteiger partial charge is 0.454 e. The third-order valence-electron chi connectivity index (χ3n) is 5.10. The molecule has 3 aromatic rings. The molecule has 33 heavy (non-hydrogen) atoms. The van der Waals surface area contributed by atoms with Crippen LogP contribution in [0.2, 0.25) is 15.1 Å². The Kier molecular flexibility index (Phi) is 7.72. The summed E-state index contributed by atoms with van der Waals surface area (Å²) in [6.45, 7) is 6.01. The van der Waals surface area contributed by atoms with Gasteiger partial charge in [0, 0.05) is 43.4 Å². The van der Waals surface area contributed by atoms with Gasteiger partial charge in [-0.15, -0.1) is 0 Å². The number of rotatable bonds is 7. The average Bonchev–Trinajstić information content (AvgIpc) is 2.78. The first-order valence-corrected chi connectivity index (χ1v) is 11.5. The third kappa shape index (κ3) is 6.16. The van der Waals surface area contributed by atoms with Crippen LogP contribution in [0.25, 0.3) is 0 Å². The van der Waals surface area contributed by atoms with E-state index < -0.39 is 0 Å². The van der Waals surface area contributed by atoms with Gasteiger partial charge in [0.2, 0.25) is 11.9 Å². The van der Waals surface area contributed by atoms with Gasteiger partial charge in [0.05, 0.1) is 16.7 Å². The predicted octanol–water partition coefficient (Wildman–Crippen LogP) is 4.79. The second-order valence-corrected chi connectivity index (χ2v) is 8.76. The fourth-order valence-corrected chi connectivity index (χ4v) is 4.35. The summed E-state index contributed by atoms with van der Waals surface area (Å²) in [5, 5.41) is 13.4. The summed E-state index contributed by atoms with van der Waals surface area (Å²) in [4.78, 5) is 17.8. The van der Waals surface area contributed by atoms with E-state index in [2.05, 4.69) is 30.1 Å². The lowest BCUT2D eigenvalue weighted by Gasteiger charge is -2.34. The number of aliphatic hydroxyl groups is 1. The average molecular weight is 510 g/mol. The van der Waals surface area contributed by atoms with Crippen molar-refractivity contribution < 1.29 is 9.84 Å². The molecule has 1 saturated heterocycles. The molecule has 2 heterocycles. The molecule has 1 aliphatic heterocycles. The highest BCUT2D eigenvalue weighted by Crippen LogP contribution is 2.38. The fraction of sp³-hybridized carbons (Fsp3) is 0.318. The van der Waals surface area contributed by atoms with Gasteiger partial charge in [0.25, 0.3) is 0 Å². The van der Waals surface area contributed by atoms with E-state index in [9.17, 15) is 0 Å². The number of aryl methyl sites for hydroxylation is 1. The zero-order valence-electron chi connectivity index (χ0n) is 17.9. The standard InChI is InChI=1S/C22H23Cl3N6O2/c1-14-26-21(29-22(27-14)31-8-6-30(7-9-31)10-11-32)28-16-2-4-17(5-3-16)33-20-18(24)12-15(23)13-19(20)25/h2-5,12-13,32H,6-11H2,1H3,(H,26,27,28,29). The van der Waals surface area contributed by atoms with Crippen LogP contribution in [0.3, 0.4) is 0 Å². The Morgan fingerprint density at radius 3 is 2.27 bits per heavy atom. The molecule has 0 unspecified atom stereocenters. The molecule has 1 aliphatic rings. The van der Waals surface area contributed by atoms with Crippen LogP contribution in [-0.4, -0.2) is 64.3 Å². The Labute approximate surface area is 207 Å². The number of benzene rings is 2. The minimum absolute atomic E-state index is 0.169. The van der Waals surface area contributed by atoms with Gasteiger partial charge >= 0.3 is 0 Å². The van der Waals surface area contributed by atoms with Crippen molar-refractivity contribution in [2.24, 2.45) is 0 Å². The molecule has 0 amide bonds. The van der Waals surface area contributed by atoms with Crippen molar-refractivity contribution in [3.05, 3.63) is 57.3 Å². The summed E-state index contributed by atoms with van der Waals surface area (Å²) in [5.41, 5.74) is 0.792. The Balaban J connectivity index is 1.43. The van der Waals surface area contributed by atoms with E-state index in [-0.39, 0.29) is 6.61 Å². The van der Waals surface area contributed by atoms with Crippen LogP contribution < -0.4 is 15.0 Å². The quantitative estimate of drug-likeness (QED) is 0.470. The summed E-state index contributed by atoms with van der Waals surface area (Å²) in [5.74, 6) is 2.65. The van der Waals surface area contributed by atoms with E-state index in [4.69, 9.17) is 44.6 Å². The van der Waals surface area contributed by atoms with Crippen molar-refractivity contribution in [2.75, 3.05) is 49.5 Å². The van der Waals surface area contributed by atoms with Crippen LogP contribution in [0, 0.1) is 6.92 Å². The molecular formula is C22H23Cl3N6O2. The van der Waals surface area contributed by atoms with E-state index in [0.29, 0.717) is 50.8 Å². The number of nitrogens with zero attached hydrogens (tertiary/aromatic N) is 5. The zero-order chi connectivity index (χ0) is 23.4. The fourth-order valence-electron chi connectivity index (χ4n) is 3.46. The molecule has 0 saturated carbocycles. The first-order valence-electron chi connectivity index (χ1n) is 10.4. The monoisotopic (exact) mass is 508 g/mol. The topological polar surface area (TPSA) is 86.6 Å². The lowest BCUT2D eigenvalue weighted by Crippen LogP contribution is -2.47. The summed E-state index contributed by atoms with van der Waals surface area (Å²) < 4.78 is 5.83. The van der Waals surface area contributed by atoms with Crippen molar-refractivity contribution >= 4 is 52.4 Å². The molecule has 1 aromatic heterocycles. The minimum Gasteiger partial charge on any atom is -0.454 e. The van der Waals surface area contributed by atoms with Crippen LogP contribution >= 0.6 is 34.8 Å². The van der Waals surface area contributed by atoms with Gasteiger partial charge in [0.15, 0.2) is 5.75 Å². The van der Waals surface area contributed by atoms with Crippen LogP contribution in [-0.2, 0) is 0 Å². The van der Waals surface area contributed by atoms with Gasteiger partial charge in [-0.1, -0.05) is 34.8 Å². The number of β-amino-alcohol motifs (C(OH)–C–C–N with tert-alkyl or cyclic N) is 1. The summed E-state index contributed by atoms with van der Waals surface area (Å²) in [7, 11) is 0. The Hall–Kier alpha value is -2.36. The van der Waals surface area contributed by atoms with Crippen LogP contribution in [0.15, 0.2) is 36.4 Å². The molecule has 8 nitrogen and oxygen atoms in total. The molecule has 0 atom stereocenters. The second-order valence-electron chi connectivity index (χ2n) is 7.51. The minimum atomic E-state index is 0.169. The highest BCUT2D eigenvalue weighted by Gasteiger charge is 2.19. The van der Waals surface area contributed by atoms with Crippen molar-refractivity contribution in [1.82, 2.24) is 19.9 Å². The number of hydrogen-bond acceptors (Lipinski definition) is 8. The number of nitrogens with one attached hydrogen (secondary N) is 1. The summed E-state index contributed by atoms with van der Waals surface area (Å²) >= 11 is 18.3. The summed E-state index contributed by atoms with van der Waals surface area (Å²) in [6, 6.07) is 10.4. The first kappa shape index (κ1) is 23.8. The van der Waals surface area contributed by atoms with Gasteiger partial charge in [-0.05, 0) is 43.3 Å². The maximum atomic E-state index is 9.12. The molecule has 0 aliphatic carbocycles. The van der Waals surface area contributed by atoms with Gasteiger partial charge in [-0.3, -0.25) is 4.90 Å². The number of aliphatic hydroxyl groups excluding tert-OH is 1. The van der Waals surface area contributed by atoms with Gasteiger partial charge in [0.1, 0.15) is 11.6 Å².